The molecule has 0 bridgehead atoms. The van der Waals surface area contributed by atoms with E-state index in [2.05, 4.69) is 22.0 Å². The largest absolute Gasteiger partial charge is 0.308 e. The van der Waals surface area contributed by atoms with E-state index in [9.17, 15) is 0 Å². The molecule has 0 unspecified atom stereocenters. The highest BCUT2D eigenvalue weighted by Gasteiger charge is 2.05. The Morgan fingerprint density at radius 1 is 1.20 bits per heavy atom. The SMILES string of the molecule is N#Cc1cccn1-c1ccccc1CBr. The zero-order valence-corrected chi connectivity index (χ0v) is 9.61. The first-order valence-corrected chi connectivity index (χ1v) is 5.70. The number of halogens is 1. The lowest BCUT2D eigenvalue weighted by atomic mass is 10.2. The number of nitriles is 1. The highest BCUT2D eigenvalue weighted by atomic mass is 79.9. The van der Waals surface area contributed by atoms with Gasteiger partial charge in [0, 0.05) is 11.5 Å². The maximum atomic E-state index is 8.95. The maximum absolute atomic E-state index is 8.95. The van der Waals surface area contributed by atoms with Crippen molar-refractivity contribution in [2.24, 2.45) is 0 Å². The average molecular weight is 261 g/mol. The highest BCUT2D eigenvalue weighted by molar-refractivity contribution is 9.08. The number of nitrogens with zero attached hydrogens (tertiary/aromatic N) is 2. The van der Waals surface area contributed by atoms with Crippen LogP contribution in [0.5, 0.6) is 0 Å². The lowest BCUT2D eigenvalue weighted by molar-refractivity contribution is 1.03. The first-order valence-electron chi connectivity index (χ1n) is 4.58. The van der Waals surface area contributed by atoms with Crippen molar-refractivity contribution in [3.8, 4) is 11.8 Å². The molecular weight excluding hydrogens is 252 g/mol. The number of hydrogen-bond acceptors (Lipinski definition) is 1. The van der Waals surface area contributed by atoms with Crippen molar-refractivity contribution in [2.75, 3.05) is 0 Å². The number of alkyl halides is 1. The third kappa shape index (κ3) is 1.81. The van der Waals surface area contributed by atoms with Crippen LogP contribution < -0.4 is 0 Å². The predicted octanol–water partition coefficient (Wildman–Crippen LogP) is 3.24. The minimum absolute atomic E-state index is 0.656. The van der Waals surface area contributed by atoms with Crippen molar-refractivity contribution in [3.05, 3.63) is 53.9 Å². The number of benzene rings is 1. The summed E-state index contributed by atoms with van der Waals surface area (Å²) in [5.41, 5.74) is 2.88. The molecule has 0 atom stereocenters. The molecule has 0 N–H and O–H groups in total. The van der Waals surface area contributed by atoms with E-state index in [1.54, 1.807) is 0 Å². The standard InChI is InChI=1S/C12H9BrN2/c13-8-10-4-1-2-6-12(10)15-7-3-5-11(15)9-14/h1-7H,8H2. The highest BCUT2D eigenvalue weighted by Crippen LogP contribution is 2.19. The van der Waals surface area contributed by atoms with Crippen LogP contribution in [0.2, 0.25) is 0 Å². The van der Waals surface area contributed by atoms with Crippen LogP contribution in [0.15, 0.2) is 42.6 Å². The first-order chi connectivity index (χ1) is 7.36. The molecule has 15 heavy (non-hydrogen) atoms. The van der Waals surface area contributed by atoms with Crippen LogP contribution in [-0.2, 0) is 5.33 Å². The third-order valence-electron chi connectivity index (χ3n) is 2.26. The van der Waals surface area contributed by atoms with Gasteiger partial charge in [0.1, 0.15) is 11.8 Å². The van der Waals surface area contributed by atoms with Crippen molar-refractivity contribution >= 4 is 15.9 Å². The van der Waals surface area contributed by atoms with E-state index in [0.29, 0.717) is 5.69 Å². The summed E-state index contributed by atoms with van der Waals surface area (Å²) in [6, 6.07) is 13.9. The predicted molar refractivity (Wildman–Crippen MR) is 63.1 cm³/mol. The lowest BCUT2D eigenvalue weighted by Crippen LogP contribution is -1.98. The Bertz CT molecular complexity index is 508. The molecule has 0 aliphatic carbocycles. The van der Waals surface area contributed by atoms with Gasteiger partial charge in [-0.25, -0.2) is 0 Å². The molecule has 0 aliphatic rings. The smallest absolute Gasteiger partial charge is 0.124 e. The van der Waals surface area contributed by atoms with Crippen molar-refractivity contribution in [3.63, 3.8) is 0 Å². The molecule has 1 heterocycles. The Kier molecular flexibility index (Phi) is 2.89. The van der Waals surface area contributed by atoms with Gasteiger partial charge in [-0.1, -0.05) is 34.1 Å². The molecule has 0 fully saturated rings. The summed E-state index contributed by atoms with van der Waals surface area (Å²) in [6.07, 6.45) is 1.90. The lowest BCUT2D eigenvalue weighted by Gasteiger charge is -2.09. The van der Waals surface area contributed by atoms with Gasteiger partial charge in [-0.05, 0) is 23.8 Å². The minimum atomic E-state index is 0.656. The van der Waals surface area contributed by atoms with Crippen molar-refractivity contribution < 1.29 is 0 Å². The Morgan fingerprint density at radius 3 is 2.73 bits per heavy atom. The number of hydrogen-bond donors (Lipinski definition) is 0. The van der Waals surface area contributed by atoms with Gasteiger partial charge in [0.25, 0.3) is 0 Å². The summed E-state index contributed by atoms with van der Waals surface area (Å²) in [6.45, 7) is 0. The number of aromatic nitrogens is 1. The molecule has 0 aliphatic heterocycles. The molecule has 2 nitrogen and oxygen atoms in total. The van der Waals surface area contributed by atoms with Crippen LogP contribution in [0.4, 0.5) is 0 Å². The fourth-order valence-corrected chi connectivity index (χ4v) is 2.02. The van der Waals surface area contributed by atoms with Gasteiger partial charge in [-0.2, -0.15) is 5.26 Å². The second kappa shape index (κ2) is 4.33. The summed E-state index contributed by atoms with van der Waals surface area (Å²) < 4.78 is 1.90. The molecule has 0 saturated heterocycles. The van der Waals surface area contributed by atoms with Crippen LogP contribution >= 0.6 is 15.9 Å². The van der Waals surface area contributed by atoms with Crippen LogP contribution in [0.1, 0.15) is 11.3 Å². The average Bonchev–Trinajstić information content (AvgIpc) is 2.76. The summed E-state index contributed by atoms with van der Waals surface area (Å²) >= 11 is 3.44. The number of para-hydroxylation sites is 1. The van der Waals surface area contributed by atoms with Gasteiger partial charge < -0.3 is 4.57 Å². The number of rotatable bonds is 2. The quantitative estimate of drug-likeness (QED) is 0.763. The Balaban J connectivity index is 2.59. The zero-order chi connectivity index (χ0) is 10.7. The molecule has 0 amide bonds. The van der Waals surface area contributed by atoms with E-state index in [-0.39, 0.29) is 0 Å². The summed E-state index contributed by atoms with van der Waals surface area (Å²) in [4.78, 5) is 0. The molecule has 3 heteroatoms. The van der Waals surface area contributed by atoms with Crippen LogP contribution in [-0.4, -0.2) is 4.57 Å². The minimum Gasteiger partial charge on any atom is -0.308 e. The van der Waals surface area contributed by atoms with Gasteiger partial charge in [-0.15, -0.1) is 0 Å². The Labute approximate surface area is 96.9 Å². The van der Waals surface area contributed by atoms with E-state index in [1.165, 1.54) is 5.56 Å². The molecule has 2 aromatic rings. The molecule has 74 valence electrons. The second-order valence-electron chi connectivity index (χ2n) is 3.14. The Morgan fingerprint density at radius 2 is 2.00 bits per heavy atom. The van der Waals surface area contributed by atoms with Crippen LogP contribution in [0, 0.1) is 11.3 Å². The van der Waals surface area contributed by atoms with Gasteiger partial charge in [0.05, 0.1) is 5.69 Å². The van der Waals surface area contributed by atoms with E-state index in [0.717, 1.165) is 11.0 Å². The fourth-order valence-electron chi connectivity index (χ4n) is 1.54. The van der Waals surface area contributed by atoms with Crippen molar-refractivity contribution in [1.82, 2.24) is 4.57 Å². The van der Waals surface area contributed by atoms with Crippen molar-refractivity contribution in [2.45, 2.75) is 5.33 Å². The zero-order valence-electron chi connectivity index (χ0n) is 8.02. The molecule has 2 rings (SSSR count). The van der Waals surface area contributed by atoms with Crippen molar-refractivity contribution in [1.29, 1.82) is 5.26 Å². The molecule has 0 radical (unpaired) electrons. The molecule has 1 aromatic heterocycles. The van der Waals surface area contributed by atoms with Gasteiger partial charge >= 0.3 is 0 Å². The molecule has 0 spiro atoms. The summed E-state index contributed by atoms with van der Waals surface area (Å²) in [7, 11) is 0. The normalized spacial score (nSPS) is 9.87. The van der Waals surface area contributed by atoms with Crippen LogP contribution in [0.3, 0.4) is 0 Å². The molecular formula is C12H9BrN2. The van der Waals surface area contributed by atoms with E-state index < -0.39 is 0 Å². The van der Waals surface area contributed by atoms with E-state index in [1.807, 2.05) is 47.2 Å². The maximum Gasteiger partial charge on any atom is 0.124 e. The second-order valence-corrected chi connectivity index (χ2v) is 3.70. The van der Waals surface area contributed by atoms with E-state index >= 15 is 0 Å². The Hall–Kier alpha value is -1.53. The molecule has 0 saturated carbocycles. The van der Waals surface area contributed by atoms with Gasteiger partial charge in [0.15, 0.2) is 0 Å². The summed E-state index contributed by atoms with van der Waals surface area (Å²) in [5.74, 6) is 0. The van der Waals surface area contributed by atoms with Gasteiger partial charge in [0.2, 0.25) is 0 Å². The van der Waals surface area contributed by atoms with E-state index in [4.69, 9.17) is 5.26 Å². The fraction of sp³-hybridized carbons (Fsp3) is 0.0833. The van der Waals surface area contributed by atoms with Crippen LogP contribution in [0.25, 0.3) is 5.69 Å². The molecule has 1 aromatic carbocycles. The third-order valence-corrected chi connectivity index (χ3v) is 2.86. The first kappa shape index (κ1) is 10.0. The van der Waals surface area contributed by atoms with Gasteiger partial charge in [-0.3, -0.25) is 0 Å². The topological polar surface area (TPSA) is 28.7 Å². The monoisotopic (exact) mass is 260 g/mol. The summed E-state index contributed by atoms with van der Waals surface area (Å²) in [5, 5.41) is 9.73.